The predicted molar refractivity (Wildman–Crippen MR) is 87.5 cm³/mol. The number of aromatic nitrogens is 1. The summed E-state index contributed by atoms with van der Waals surface area (Å²) in [6.45, 7) is 1.00. The van der Waals surface area contributed by atoms with Crippen LogP contribution in [0.25, 0.3) is 0 Å². The van der Waals surface area contributed by atoms with Gasteiger partial charge in [0, 0.05) is 25.0 Å². The Morgan fingerprint density at radius 3 is 2.83 bits per heavy atom. The summed E-state index contributed by atoms with van der Waals surface area (Å²) in [4.78, 5) is 18.8. The highest BCUT2D eigenvalue weighted by Gasteiger charge is 2.47. The number of esters is 1. The number of carbonyl (C=O) groups excluding carboxylic acids is 1. The Bertz CT molecular complexity index is 605. The first kappa shape index (κ1) is 14.7. The SMILES string of the molecule is O=C1C=C(N2CCCCC2c2cccnc2)C2(CCCCC2)O1. The van der Waals surface area contributed by atoms with E-state index in [0.29, 0.717) is 6.04 Å². The van der Waals surface area contributed by atoms with E-state index >= 15 is 0 Å². The van der Waals surface area contributed by atoms with Crippen LogP contribution in [0.5, 0.6) is 0 Å². The third kappa shape index (κ3) is 2.64. The van der Waals surface area contributed by atoms with Crippen molar-refractivity contribution in [2.24, 2.45) is 0 Å². The van der Waals surface area contributed by atoms with Gasteiger partial charge in [-0.15, -0.1) is 0 Å². The lowest BCUT2D eigenvalue weighted by Gasteiger charge is -2.45. The fourth-order valence-corrected chi connectivity index (χ4v) is 4.48. The first-order chi connectivity index (χ1) is 11.3. The van der Waals surface area contributed by atoms with Gasteiger partial charge in [-0.3, -0.25) is 4.98 Å². The molecule has 1 unspecified atom stereocenters. The smallest absolute Gasteiger partial charge is 0.333 e. The minimum atomic E-state index is -0.354. The molecule has 1 aromatic rings. The van der Waals surface area contributed by atoms with Crippen molar-refractivity contribution in [3.63, 3.8) is 0 Å². The van der Waals surface area contributed by atoms with Gasteiger partial charge in [0.1, 0.15) is 0 Å². The molecule has 1 aliphatic carbocycles. The zero-order valence-electron chi connectivity index (χ0n) is 13.5. The predicted octanol–water partition coefficient (Wildman–Crippen LogP) is 3.75. The van der Waals surface area contributed by atoms with Gasteiger partial charge < -0.3 is 9.64 Å². The number of pyridine rings is 1. The van der Waals surface area contributed by atoms with Gasteiger partial charge in [0.15, 0.2) is 5.60 Å². The Morgan fingerprint density at radius 2 is 2.04 bits per heavy atom. The lowest BCUT2D eigenvalue weighted by atomic mass is 9.81. The maximum atomic E-state index is 12.1. The van der Waals surface area contributed by atoms with Crippen molar-refractivity contribution in [3.8, 4) is 0 Å². The molecule has 3 aliphatic rings. The second kappa shape index (κ2) is 5.99. The highest BCUT2D eigenvalue weighted by molar-refractivity contribution is 5.86. The molecule has 1 spiro atoms. The molecule has 0 amide bonds. The van der Waals surface area contributed by atoms with Crippen molar-refractivity contribution < 1.29 is 9.53 Å². The van der Waals surface area contributed by atoms with Crippen LogP contribution in [0, 0.1) is 0 Å². The molecule has 122 valence electrons. The van der Waals surface area contributed by atoms with E-state index in [1.165, 1.54) is 24.8 Å². The van der Waals surface area contributed by atoms with Crippen LogP contribution in [0.3, 0.4) is 0 Å². The third-order valence-electron chi connectivity index (χ3n) is 5.56. The summed E-state index contributed by atoms with van der Waals surface area (Å²) in [5.74, 6) is -0.155. The maximum Gasteiger partial charge on any atom is 0.333 e. The van der Waals surface area contributed by atoms with Crippen LogP contribution < -0.4 is 0 Å². The number of piperidine rings is 1. The molecular weight excluding hydrogens is 288 g/mol. The number of likely N-dealkylation sites (tertiary alicyclic amines) is 1. The van der Waals surface area contributed by atoms with Crippen LogP contribution in [0.1, 0.15) is 63.0 Å². The molecule has 3 heterocycles. The molecular formula is C19H24N2O2. The van der Waals surface area contributed by atoms with Crippen molar-refractivity contribution in [1.29, 1.82) is 0 Å². The Labute approximate surface area is 137 Å². The van der Waals surface area contributed by atoms with Crippen LogP contribution in [0.2, 0.25) is 0 Å². The summed E-state index contributed by atoms with van der Waals surface area (Å²) in [5, 5.41) is 0. The first-order valence-corrected chi connectivity index (χ1v) is 8.90. The van der Waals surface area contributed by atoms with Crippen LogP contribution in [0.4, 0.5) is 0 Å². The molecule has 1 saturated heterocycles. The first-order valence-electron chi connectivity index (χ1n) is 8.90. The summed E-state index contributed by atoms with van der Waals surface area (Å²) in [7, 11) is 0. The average molecular weight is 312 g/mol. The van der Waals surface area contributed by atoms with Gasteiger partial charge in [0.05, 0.1) is 11.7 Å². The van der Waals surface area contributed by atoms with Crippen LogP contribution in [-0.2, 0) is 9.53 Å². The number of hydrogen-bond acceptors (Lipinski definition) is 4. The Kier molecular flexibility index (Phi) is 3.83. The van der Waals surface area contributed by atoms with Crippen molar-refractivity contribution >= 4 is 5.97 Å². The maximum absolute atomic E-state index is 12.1. The molecule has 1 atom stereocenters. The minimum absolute atomic E-state index is 0.155. The molecule has 2 fully saturated rings. The summed E-state index contributed by atoms with van der Waals surface area (Å²) >= 11 is 0. The van der Waals surface area contributed by atoms with Gasteiger partial charge in [-0.05, 0) is 56.6 Å². The molecule has 0 bridgehead atoms. The molecule has 1 saturated carbocycles. The third-order valence-corrected chi connectivity index (χ3v) is 5.56. The summed E-state index contributed by atoms with van der Waals surface area (Å²) in [6.07, 6.45) is 14.6. The van der Waals surface area contributed by atoms with E-state index in [1.54, 1.807) is 6.08 Å². The standard InChI is InChI=1S/C19H24N2O2/c22-18-13-17(19(23-18)9-3-1-4-10-19)21-12-5-2-8-16(21)15-7-6-11-20-14-15/h6-7,11,13-14,16H,1-5,8-10,12H2. The monoisotopic (exact) mass is 312 g/mol. The van der Waals surface area contributed by atoms with Crippen LogP contribution >= 0.6 is 0 Å². The molecule has 4 nitrogen and oxygen atoms in total. The number of hydrogen-bond donors (Lipinski definition) is 0. The Morgan fingerprint density at radius 1 is 1.17 bits per heavy atom. The number of rotatable bonds is 2. The Hall–Kier alpha value is -1.84. The normalized spacial score (nSPS) is 27.0. The molecule has 4 heteroatoms. The van der Waals surface area contributed by atoms with Crippen molar-refractivity contribution in [3.05, 3.63) is 41.9 Å². The van der Waals surface area contributed by atoms with E-state index in [2.05, 4.69) is 16.0 Å². The minimum Gasteiger partial charge on any atom is -0.449 e. The highest BCUT2D eigenvalue weighted by Crippen LogP contribution is 2.46. The van der Waals surface area contributed by atoms with E-state index in [0.717, 1.165) is 44.3 Å². The highest BCUT2D eigenvalue weighted by atomic mass is 16.6. The van der Waals surface area contributed by atoms with Gasteiger partial charge in [-0.25, -0.2) is 4.79 Å². The fraction of sp³-hybridized carbons (Fsp3) is 0.579. The Balaban J connectivity index is 1.68. The van der Waals surface area contributed by atoms with E-state index in [-0.39, 0.29) is 11.6 Å². The van der Waals surface area contributed by atoms with Gasteiger partial charge in [0.25, 0.3) is 0 Å². The number of nitrogens with zero attached hydrogens (tertiary/aromatic N) is 2. The van der Waals surface area contributed by atoms with Crippen LogP contribution in [0.15, 0.2) is 36.3 Å². The van der Waals surface area contributed by atoms with E-state index in [1.807, 2.05) is 18.5 Å². The summed E-state index contributed by atoms with van der Waals surface area (Å²) < 4.78 is 5.85. The van der Waals surface area contributed by atoms with Gasteiger partial charge in [-0.2, -0.15) is 0 Å². The molecule has 23 heavy (non-hydrogen) atoms. The summed E-state index contributed by atoms with van der Waals surface area (Å²) in [6, 6.07) is 4.47. The zero-order valence-corrected chi connectivity index (χ0v) is 13.5. The molecule has 1 aromatic heterocycles. The second-order valence-corrected chi connectivity index (χ2v) is 7.00. The van der Waals surface area contributed by atoms with E-state index in [4.69, 9.17) is 4.74 Å². The van der Waals surface area contributed by atoms with E-state index < -0.39 is 0 Å². The zero-order chi connectivity index (χ0) is 15.7. The van der Waals surface area contributed by atoms with E-state index in [9.17, 15) is 4.79 Å². The topological polar surface area (TPSA) is 42.4 Å². The number of ether oxygens (including phenoxy) is 1. The van der Waals surface area contributed by atoms with Gasteiger partial charge in [-0.1, -0.05) is 12.5 Å². The second-order valence-electron chi connectivity index (χ2n) is 7.00. The summed E-state index contributed by atoms with van der Waals surface area (Å²) in [5.41, 5.74) is 2.03. The number of carbonyl (C=O) groups is 1. The van der Waals surface area contributed by atoms with Gasteiger partial charge in [0.2, 0.25) is 0 Å². The van der Waals surface area contributed by atoms with Gasteiger partial charge >= 0.3 is 5.97 Å². The average Bonchev–Trinajstić information content (AvgIpc) is 2.92. The molecule has 4 rings (SSSR count). The van der Waals surface area contributed by atoms with Crippen molar-refractivity contribution in [2.75, 3.05) is 6.54 Å². The van der Waals surface area contributed by atoms with Crippen molar-refractivity contribution in [2.45, 2.75) is 63.0 Å². The lowest BCUT2D eigenvalue weighted by Crippen LogP contribution is -2.44. The van der Waals surface area contributed by atoms with Crippen LogP contribution in [-0.4, -0.2) is 28.0 Å². The van der Waals surface area contributed by atoms with Crippen molar-refractivity contribution in [1.82, 2.24) is 9.88 Å². The molecule has 0 N–H and O–H groups in total. The quantitative estimate of drug-likeness (QED) is 0.780. The fourth-order valence-electron chi connectivity index (χ4n) is 4.48. The lowest BCUT2D eigenvalue weighted by molar-refractivity contribution is -0.149. The molecule has 0 radical (unpaired) electrons. The largest absolute Gasteiger partial charge is 0.449 e. The molecule has 0 aromatic carbocycles. The molecule has 2 aliphatic heterocycles.